The lowest BCUT2D eigenvalue weighted by molar-refractivity contribution is -0.117. The van der Waals surface area contributed by atoms with Gasteiger partial charge in [-0.15, -0.1) is 0 Å². The third kappa shape index (κ3) is 2.69. The van der Waals surface area contributed by atoms with Gasteiger partial charge in [0.05, 0.1) is 23.5 Å². The van der Waals surface area contributed by atoms with Crippen LogP contribution in [-0.2, 0) is 4.79 Å². The van der Waals surface area contributed by atoms with Crippen molar-refractivity contribution in [3.63, 3.8) is 0 Å². The molecule has 1 aliphatic heterocycles. The molecule has 0 saturated carbocycles. The van der Waals surface area contributed by atoms with Crippen molar-refractivity contribution in [1.29, 1.82) is 0 Å². The zero-order valence-corrected chi connectivity index (χ0v) is 12.7. The number of fused-ring (bicyclic) bond motifs is 1. The van der Waals surface area contributed by atoms with Crippen LogP contribution in [-0.4, -0.2) is 18.7 Å². The van der Waals surface area contributed by atoms with Gasteiger partial charge >= 0.3 is 0 Å². The summed E-state index contributed by atoms with van der Waals surface area (Å²) in [5, 5.41) is 0.674. The van der Waals surface area contributed by atoms with E-state index in [0.29, 0.717) is 5.02 Å². The summed E-state index contributed by atoms with van der Waals surface area (Å²) in [7, 11) is 1.79. The first-order valence-corrected chi connectivity index (χ1v) is 7.13. The summed E-state index contributed by atoms with van der Waals surface area (Å²) in [6.07, 6.45) is 0.284. The van der Waals surface area contributed by atoms with E-state index in [0.717, 1.165) is 28.2 Å². The van der Waals surface area contributed by atoms with Crippen LogP contribution < -0.4 is 4.90 Å². The first kappa shape index (κ1) is 13.8. The molecular formula is C17H15ClN2O. The Morgan fingerprint density at radius 3 is 2.57 bits per heavy atom. The molecule has 1 amide bonds. The van der Waals surface area contributed by atoms with E-state index in [9.17, 15) is 4.79 Å². The molecule has 3 nitrogen and oxygen atoms in total. The highest BCUT2D eigenvalue weighted by atomic mass is 35.5. The summed E-state index contributed by atoms with van der Waals surface area (Å²) in [5.74, 6) is 0.0352. The Balaban J connectivity index is 2.12. The van der Waals surface area contributed by atoms with Crippen LogP contribution in [0.4, 0.5) is 11.4 Å². The first-order valence-electron chi connectivity index (χ1n) is 6.75. The van der Waals surface area contributed by atoms with E-state index >= 15 is 0 Å². The fourth-order valence-corrected chi connectivity index (χ4v) is 2.51. The number of rotatable bonds is 1. The molecule has 0 spiro atoms. The number of aliphatic imine (C=N–C) groups is 1. The second-order valence-electron chi connectivity index (χ2n) is 5.19. The lowest BCUT2D eigenvalue weighted by Gasteiger charge is -2.16. The monoisotopic (exact) mass is 298 g/mol. The van der Waals surface area contributed by atoms with Crippen LogP contribution in [0.3, 0.4) is 0 Å². The Labute approximate surface area is 128 Å². The van der Waals surface area contributed by atoms with Gasteiger partial charge in [-0.25, -0.2) is 0 Å². The Morgan fingerprint density at radius 1 is 1.14 bits per heavy atom. The smallest absolute Gasteiger partial charge is 0.232 e. The summed E-state index contributed by atoms with van der Waals surface area (Å²) in [6.45, 7) is 2.01. The maximum absolute atomic E-state index is 12.4. The fraction of sp³-hybridized carbons (Fsp3) is 0.176. The van der Waals surface area contributed by atoms with Gasteiger partial charge in [0, 0.05) is 12.1 Å². The van der Waals surface area contributed by atoms with Crippen LogP contribution in [0, 0.1) is 6.92 Å². The predicted octanol–water partition coefficient (Wildman–Crippen LogP) is 4.14. The fourth-order valence-electron chi connectivity index (χ4n) is 2.39. The maximum Gasteiger partial charge on any atom is 0.232 e. The van der Waals surface area contributed by atoms with Crippen molar-refractivity contribution in [2.24, 2.45) is 4.99 Å². The average molecular weight is 299 g/mol. The lowest BCUT2D eigenvalue weighted by Crippen LogP contribution is -2.27. The number of carbonyl (C=O) groups is 1. The van der Waals surface area contributed by atoms with Crippen LogP contribution in [0.1, 0.15) is 17.5 Å². The minimum absolute atomic E-state index is 0.0352. The molecule has 0 aliphatic carbocycles. The Hall–Kier alpha value is -2.13. The number of nitrogens with zero attached hydrogens (tertiary/aromatic N) is 2. The second-order valence-corrected chi connectivity index (χ2v) is 5.62. The molecule has 0 bridgehead atoms. The zero-order chi connectivity index (χ0) is 15.0. The highest BCUT2D eigenvalue weighted by molar-refractivity contribution is 6.30. The topological polar surface area (TPSA) is 32.7 Å². The number of anilines is 1. The number of hydrogen-bond donors (Lipinski definition) is 0. The van der Waals surface area contributed by atoms with Gasteiger partial charge in [-0.1, -0.05) is 29.8 Å². The van der Waals surface area contributed by atoms with E-state index in [1.165, 1.54) is 0 Å². The molecule has 0 saturated heterocycles. The molecule has 1 aliphatic rings. The molecule has 0 atom stereocenters. The number of benzene rings is 2. The van der Waals surface area contributed by atoms with E-state index in [2.05, 4.69) is 0 Å². The number of amides is 1. The highest BCUT2D eigenvalue weighted by Crippen LogP contribution is 2.33. The van der Waals surface area contributed by atoms with Crippen molar-refractivity contribution < 1.29 is 4.79 Å². The number of carbonyl (C=O) groups excluding carboxylic acids is 1. The molecule has 106 valence electrons. The SMILES string of the molecule is Cc1ccc2c(c1)N(C)C(=O)CC(c1ccc(Cl)cc1)=N2. The Bertz CT molecular complexity index is 735. The van der Waals surface area contributed by atoms with Crippen LogP contribution in [0.15, 0.2) is 47.5 Å². The Kier molecular flexibility index (Phi) is 3.52. The molecule has 0 unspecified atom stereocenters. The quantitative estimate of drug-likeness (QED) is 0.779. The van der Waals surface area contributed by atoms with Gasteiger partial charge in [0.25, 0.3) is 0 Å². The van der Waals surface area contributed by atoms with Crippen LogP contribution >= 0.6 is 11.6 Å². The van der Waals surface area contributed by atoms with Crippen molar-refractivity contribution >= 4 is 34.6 Å². The van der Waals surface area contributed by atoms with Gasteiger partial charge < -0.3 is 4.90 Å². The van der Waals surface area contributed by atoms with Gasteiger partial charge in [-0.3, -0.25) is 9.79 Å². The van der Waals surface area contributed by atoms with Crippen molar-refractivity contribution in [2.45, 2.75) is 13.3 Å². The molecule has 4 heteroatoms. The van der Waals surface area contributed by atoms with E-state index in [4.69, 9.17) is 16.6 Å². The predicted molar refractivity (Wildman–Crippen MR) is 86.9 cm³/mol. The van der Waals surface area contributed by atoms with Crippen molar-refractivity contribution in [2.75, 3.05) is 11.9 Å². The summed E-state index contributed by atoms with van der Waals surface area (Å²) >= 11 is 5.92. The highest BCUT2D eigenvalue weighted by Gasteiger charge is 2.22. The molecule has 0 radical (unpaired) electrons. The minimum Gasteiger partial charge on any atom is -0.313 e. The summed E-state index contributed by atoms with van der Waals surface area (Å²) in [5.41, 5.74) is 4.47. The van der Waals surface area contributed by atoms with E-state index in [1.807, 2.05) is 49.4 Å². The van der Waals surface area contributed by atoms with Crippen molar-refractivity contribution in [3.8, 4) is 0 Å². The van der Waals surface area contributed by atoms with Gasteiger partial charge in [0.2, 0.25) is 5.91 Å². The van der Waals surface area contributed by atoms with Crippen molar-refractivity contribution in [1.82, 2.24) is 0 Å². The largest absolute Gasteiger partial charge is 0.313 e. The molecule has 3 rings (SSSR count). The summed E-state index contributed by atoms with van der Waals surface area (Å²) in [4.78, 5) is 18.7. The zero-order valence-electron chi connectivity index (χ0n) is 11.9. The lowest BCUT2D eigenvalue weighted by atomic mass is 10.1. The molecule has 21 heavy (non-hydrogen) atoms. The molecule has 2 aromatic carbocycles. The molecule has 0 aromatic heterocycles. The van der Waals surface area contributed by atoms with E-state index in [1.54, 1.807) is 11.9 Å². The summed E-state index contributed by atoms with van der Waals surface area (Å²) < 4.78 is 0. The Morgan fingerprint density at radius 2 is 1.86 bits per heavy atom. The standard InChI is InChI=1S/C17H15ClN2O/c1-11-3-8-14-16(9-11)20(2)17(21)10-15(19-14)12-4-6-13(18)7-5-12/h3-9H,10H2,1-2H3. The van der Waals surface area contributed by atoms with Gasteiger partial charge in [-0.05, 0) is 42.3 Å². The number of hydrogen-bond acceptors (Lipinski definition) is 2. The molecule has 1 heterocycles. The second kappa shape index (κ2) is 5.34. The molecule has 2 aromatic rings. The van der Waals surface area contributed by atoms with Crippen LogP contribution in [0.2, 0.25) is 5.02 Å². The third-order valence-electron chi connectivity index (χ3n) is 3.62. The first-order chi connectivity index (χ1) is 10.0. The normalized spacial score (nSPS) is 14.5. The maximum atomic E-state index is 12.4. The van der Waals surface area contributed by atoms with E-state index < -0.39 is 0 Å². The van der Waals surface area contributed by atoms with Crippen LogP contribution in [0.25, 0.3) is 0 Å². The average Bonchev–Trinajstić information content (AvgIpc) is 2.59. The van der Waals surface area contributed by atoms with Crippen molar-refractivity contribution in [3.05, 3.63) is 58.6 Å². The van der Waals surface area contributed by atoms with Gasteiger partial charge in [-0.2, -0.15) is 0 Å². The molecule has 0 fully saturated rings. The molecule has 0 N–H and O–H groups in total. The summed E-state index contributed by atoms with van der Waals surface area (Å²) in [6, 6.07) is 13.4. The van der Waals surface area contributed by atoms with Gasteiger partial charge in [0.1, 0.15) is 0 Å². The van der Waals surface area contributed by atoms with E-state index in [-0.39, 0.29) is 12.3 Å². The number of halogens is 1. The number of aryl methyl sites for hydroxylation is 1. The van der Waals surface area contributed by atoms with Gasteiger partial charge in [0.15, 0.2) is 0 Å². The third-order valence-corrected chi connectivity index (χ3v) is 3.87. The minimum atomic E-state index is 0.0352. The van der Waals surface area contributed by atoms with Crippen LogP contribution in [0.5, 0.6) is 0 Å². The molecular weight excluding hydrogens is 284 g/mol.